The molecule has 244 valence electrons. The third-order valence-corrected chi connectivity index (χ3v) is 8.83. The molecule has 11 heteroatoms. The first-order valence-corrected chi connectivity index (χ1v) is 16.7. The molecule has 0 saturated carbocycles. The van der Waals surface area contributed by atoms with Gasteiger partial charge in [-0.2, -0.15) is 0 Å². The zero-order valence-electron chi connectivity index (χ0n) is 26.4. The van der Waals surface area contributed by atoms with Crippen molar-refractivity contribution in [1.82, 2.24) is 9.55 Å². The normalized spacial score (nSPS) is 13.5. The summed E-state index contributed by atoms with van der Waals surface area (Å²) in [6, 6.07) is 22.4. The van der Waals surface area contributed by atoms with Gasteiger partial charge in [0.15, 0.2) is 0 Å². The van der Waals surface area contributed by atoms with Crippen LogP contribution < -0.4 is 24.7 Å². The fraction of sp³-hybridized carbons (Fsp3) is 0.278. The Labute approximate surface area is 277 Å². The Balaban J connectivity index is 1.07. The highest BCUT2D eigenvalue weighted by atomic mass is 32.2. The first-order chi connectivity index (χ1) is 22.9. The van der Waals surface area contributed by atoms with Gasteiger partial charge >= 0.3 is 5.97 Å². The van der Waals surface area contributed by atoms with Crippen LogP contribution in [-0.4, -0.2) is 58.8 Å². The van der Waals surface area contributed by atoms with Crippen LogP contribution in [0.5, 0.6) is 17.2 Å². The molecule has 0 aliphatic carbocycles. The van der Waals surface area contributed by atoms with Crippen molar-refractivity contribution in [2.75, 3.05) is 41.7 Å². The summed E-state index contributed by atoms with van der Waals surface area (Å²) >= 11 is 1.61. The Kier molecular flexibility index (Phi) is 10.0. The summed E-state index contributed by atoms with van der Waals surface area (Å²) in [5.74, 6) is 1.97. The number of nitrogens with one attached hydrogen (secondary N) is 2. The first kappa shape index (κ1) is 32.1. The molecule has 1 aliphatic rings. The topological polar surface area (TPSA) is 118 Å². The summed E-state index contributed by atoms with van der Waals surface area (Å²) in [6.45, 7) is 4.66. The van der Waals surface area contributed by atoms with Gasteiger partial charge in [0.1, 0.15) is 29.4 Å². The van der Waals surface area contributed by atoms with Crippen molar-refractivity contribution in [2.24, 2.45) is 7.05 Å². The van der Waals surface area contributed by atoms with Crippen LogP contribution in [0.2, 0.25) is 0 Å². The van der Waals surface area contributed by atoms with Crippen LogP contribution in [-0.2, 0) is 11.8 Å². The number of carboxylic acids is 1. The zero-order chi connectivity index (χ0) is 32.8. The van der Waals surface area contributed by atoms with E-state index in [9.17, 15) is 9.59 Å². The lowest BCUT2D eigenvalue weighted by atomic mass is 10.0. The molecule has 0 amide bonds. The van der Waals surface area contributed by atoms with Crippen molar-refractivity contribution in [3.05, 3.63) is 101 Å². The largest absolute Gasteiger partial charge is 0.491 e. The Bertz CT molecular complexity index is 1900. The summed E-state index contributed by atoms with van der Waals surface area (Å²) in [7, 11) is 1.75. The molecule has 10 nitrogen and oxygen atoms in total. The molecule has 3 aromatic carbocycles. The van der Waals surface area contributed by atoms with Gasteiger partial charge in [0.25, 0.3) is 5.56 Å². The molecule has 3 N–H and O–H groups in total. The van der Waals surface area contributed by atoms with E-state index in [-0.39, 0.29) is 11.7 Å². The molecular weight excluding hydrogens is 616 g/mol. The molecule has 3 heterocycles. The number of benzene rings is 3. The second-order valence-electron chi connectivity index (χ2n) is 11.3. The number of hydrogen-bond acceptors (Lipinski definition) is 8. The number of aromatic amines is 1. The molecule has 0 radical (unpaired) electrons. The van der Waals surface area contributed by atoms with Crippen LogP contribution in [0.4, 0.5) is 11.4 Å². The zero-order valence-corrected chi connectivity index (χ0v) is 27.2. The van der Waals surface area contributed by atoms with E-state index < -0.39 is 5.97 Å². The highest BCUT2D eigenvalue weighted by Gasteiger charge is 2.20. The third-order valence-electron chi connectivity index (χ3n) is 8.16. The van der Waals surface area contributed by atoms with E-state index in [1.165, 1.54) is 0 Å². The average molecular weight is 655 g/mol. The molecule has 0 spiro atoms. The number of carboxylic acid groups (broad SMARTS) is 1. The Morgan fingerprint density at radius 2 is 1.79 bits per heavy atom. The number of rotatable bonds is 13. The van der Waals surface area contributed by atoms with Crippen LogP contribution in [0.3, 0.4) is 0 Å². The number of aromatic nitrogens is 2. The number of anilines is 2. The lowest BCUT2D eigenvalue weighted by Gasteiger charge is -2.33. The van der Waals surface area contributed by atoms with Crippen molar-refractivity contribution in [3.63, 3.8) is 0 Å². The minimum Gasteiger partial charge on any atom is -0.491 e. The molecule has 1 aliphatic heterocycles. The minimum atomic E-state index is -0.916. The van der Waals surface area contributed by atoms with Crippen molar-refractivity contribution in [1.29, 1.82) is 0 Å². The van der Waals surface area contributed by atoms with E-state index in [4.69, 9.17) is 19.3 Å². The molecule has 1 fully saturated rings. The van der Waals surface area contributed by atoms with Gasteiger partial charge in [-0.25, -0.2) is 4.79 Å². The van der Waals surface area contributed by atoms with Crippen LogP contribution >= 0.6 is 11.9 Å². The van der Waals surface area contributed by atoms with E-state index >= 15 is 0 Å². The van der Waals surface area contributed by atoms with Gasteiger partial charge < -0.3 is 38.5 Å². The van der Waals surface area contributed by atoms with Crippen LogP contribution in [0, 0.1) is 0 Å². The number of aromatic carboxylic acids is 1. The summed E-state index contributed by atoms with van der Waals surface area (Å²) in [5.41, 5.74) is 4.46. The van der Waals surface area contributed by atoms with Crippen LogP contribution in [0.25, 0.3) is 22.0 Å². The number of hydrogen-bond donors (Lipinski definition) is 3. The van der Waals surface area contributed by atoms with Crippen molar-refractivity contribution < 1.29 is 24.1 Å². The molecule has 0 bridgehead atoms. The van der Waals surface area contributed by atoms with Gasteiger partial charge in [0.2, 0.25) is 0 Å². The molecule has 0 unspecified atom stereocenters. The maximum atomic E-state index is 12.7. The number of nitrogens with zero attached hydrogens (tertiary/aromatic N) is 2. The van der Waals surface area contributed by atoms with Gasteiger partial charge in [0.05, 0.1) is 18.3 Å². The molecule has 6 rings (SSSR count). The van der Waals surface area contributed by atoms with Gasteiger partial charge in [0, 0.05) is 72.2 Å². The number of carbonyl (C=O) groups is 1. The monoisotopic (exact) mass is 654 g/mol. The minimum absolute atomic E-state index is 0.0869. The van der Waals surface area contributed by atoms with E-state index in [1.807, 2.05) is 66.9 Å². The van der Waals surface area contributed by atoms with E-state index in [2.05, 4.69) is 21.5 Å². The fourth-order valence-corrected chi connectivity index (χ4v) is 6.19. The van der Waals surface area contributed by atoms with Gasteiger partial charge in [-0.1, -0.05) is 24.9 Å². The second-order valence-corrected chi connectivity index (χ2v) is 12.4. The van der Waals surface area contributed by atoms with Crippen molar-refractivity contribution >= 4 is 40.2 Å². The molecule has 0 atom stereocenters. The van der Waals surface area contributed by atoms with Crippen molar-refractivity contribution in [3.8, 4) is 28.4 Å². The number of H-pyrrole nitrogens is 1. The number of ether oxygens (including phenoxy) is 3. The van der Waals surface area contributed by atoms with E-state index in [0.717, 1.165) is 59.6 Å². The van der Waals surface area contributed by atoms with Gasteiger partial charge in [-0.3, -0.25) is 4.79 Å². The maximum Gasteiger partial charge on any atom is 0.335 e. The van der Waals surface area contributed by atoms with Gasteiger partial charge in [-0.05, 0) is 73.5 Å². The summed E-state index contributed by atoms with van der Waals surface area (Å²) in [6.07, 6.45) is 5.56. The predicted octanol–water partition coefficient (Wildman–Crippen LogP) is 7.17. The average Bonchev–Trinajstić information content (AvgIpc) is 3.59. The number of aryl methyl sites for hydroxylation is 1. The third kappa shape index (κ3) is 7.58. The molecule has 2 aromatic heterocycles. The molecule has 5 aromatic rings. The summed E-state index contributed by atoms with van der Waals surface area (Å²) in [4.78, 5) is 29.2. The van der Waals surface area contributed by atoms with E-state index in [0.29, 0.717) is 41.5 Å². The molecular formula is C36H38N4O6S. The lowest BCUT2D eigenvalue weighted by Crippen LogP contribution is -2.37. The predicted molar refractivity (Wildman–Crippen MR) is 187 cm³/mol. The van der Waals surface area contributed by atoms with Crippen molar-refractivity contribution in [2.45, 2.75) is 25.9 Å². The quantitative estimate of drug-likeness (QED) is 0.0897. The summed E-state index contributed by atoms with van der Waals surface area (Å²) < 4.78 is 23.6. The smallest absolute Gasteiger partial charge is 0.335 e. The summed E-state index contributed by atoms with van der Waals surface area (Å²) in [5, 5.41) is 9.96. The van der Waals surface area contributed by atoms with Crippen LogP contribution in [0.15, 0.2) is 90.0 Å². The number of pyridine rings is 1. The number of fused-ring (bicyclic) bond motifs is 1. The standard InChI is InChI=1S/C36H38N4O6S/c1-3-47-38-25-9-12-33(31(21-25)32-23-39(2)35(41)34-30(32)13-16-37-34)46-29-6-4-5-28(22-29)45-20-19-44-27-14-17-40(18-15-27)26-10-7-24(8-11-26)36(42)43/h4-13,16,21-23,27,37-38H,3,14-15,17-20H2,1-2H3,(H,42,43). The Morgan fingerprint density at radius 1 is 1.00 bits per heavy atom. The first-order valence-electron chi connectivity index (χ1n) is 15.7. The number of piperidine rings is 1. The highest BCUT2D eigenvalue weighted by Crippen LogP contribution is 2.39. The highest BCUT2D eigenvalue weighted by molar-refractivity contribution is 8.00. The van der Waals surface area contributed by atoms with Crippen LogP contribution in [0.1, 0.15) is 30.1 Å². The SMILES string of the molecule is CCSNc1ccc(Oc2cccc(OCCOC3CCN(c4ccc(C(=O)O)cc4)CC3)c2)c(-c2cn(C)c(=O)c3[nH]ccc23)c1. The Hall–Kier alpha value is -4.87. The van der Waals surface area contributed by atoms with Gasteiger partial charge in [-0.15, -0.1) is 0 Å². The lowest BCUT2D eigenvalue weighted by molar-refractivity contribution is 0.0202. The second kappa shape index (κ2) is 14.7. The maximum absolute atomic E-state index is 12.7. The molecule has 47 heavy (non-hydrogen) atoms. The molecule has 1 saturated heterocycles. The Morgan fingerprint density at radius 3 is 2.55 bits per heavy atom. The fourth-order valence-electron chi connectivity index (χ4n) is 5.76. The van der Waals surface area contributed by atoms with E-state index in [1.54, 1.807) is 41.9 Å².